The van der Waals surface area contributed by atoms with Gasteiger partial charge in [0, 0.05) is 17.1 Å². The Kier molecular flexibility index (Phi) is 4.44. The van der Waals surface area contributed by atoms with Crippen LogP contribution in [0, 0.1) is 0 Å². The zero-order valence-corrected chi connectivity index (χ0v) is 15.5. The van der Waals surface area contributed by atoms with Crippen molar-refractivity contribution in [2.24, 2.45) is 0 Å². The van der Waals surface area contributed by atoms with Gasteiger partial charge in [0.05, 0.1) is 17.5 Å². The van der Waals surface area contributed by atoms with Crippen LogP contribution in [0.2, 0.25) is 0 Å². The van der Waals surface area contributed by atoms with E-state index in [2.05, 4.69) is 16.4 Å². The highest BCUT2D eigenvalue weighted by Gasteiger charge is 2.22. The smallest absolute Gasteiger partial charge is 0.263 e. The van der Waals surface area contributed by atoms with Gasteiger partial charge < -0.3 is 10.1 Å². The molecule has 1 saturated heterocycles. The number of thioether (sulfide) groups is 1. The maximum absolute atomic E-state index is 11.9. The second-order valence-corrected chi connectivity index (χ2v) is 7.44. The molecule has 0 bridgehead atoms. The lowest BCUT2D eigenvalue weighted by Crippen LogP contribution is -2.17. The van der Waals surface area contributed by atoms with Crippen LogP contribution in [0.5, 0.6) is 5.75 Å². The van der Waals surface area contributed by atoms with Gasteiger partial charge in [-0.2, -0.15) is 0 Å². The van der Waals surface area contributed by atoms with Gasteiger partial charge in [0.25, 0.3) is 5.91 Å². The monoisotopic (exact) mass is 378 g/mol. The lowest BCUT2D eigenvalue weighted by molar-refractivity contribution is -0.115. The first kappa shape index (κ1) is 16.8. The number of thiocarbonyl (C=S) groups is 1. The van der Waals surface area contributed by atoms with Crippen LogP contribution in [0.4, 0.5) is 0 Å². The van der Waals surface area contributed by atoms with Gasteiger partial charge in [-0.15, -0.1) is 0 Å². The van der Waals surface area contributed by atoms with E-state index in [0.717, 1.165) is 33.3 Å². The number of amides is 1. The normalized spacial score (nSPS) is 15.5. The van der Waals surface area contributed by atoms with Crippen molar-refractivity contribution in [2.45, 2.75) is 0 Å². The van der Waals surface area contributed by atoms with Crippen molar-refractivity contribution in [3.63, 3.8) is 0 Å². The lowest BCUT2D eigenvalue weighted by atomic mass is 10.00. The summed E-state index contributed by atoms with van der Waals surface area (Å²) in [5.74, 6) is 0.614. The second-order valence-electron chi connectivity index (χ2n) is 5.72. The number of ether oxygens (including phenoxy) is 1. The van der Waals surface area contributed by atoms with Crippen molar-refractivity contribution < 1.29 is 9.53 Å². The van der Waals surface area contributed by atoms with Crippen LogP contribution in [0.3, 0.4) is 0 Å². The molecule has 6 heteroatoms. The highest BCUT2D eigenvalue weighted by molar-refractivity contribution is 8.26. The summed E-state index contributed by atoms with van der Waals surface area (Å²) in [7, 11) is 1.65. The Labute approximate surface area is 160 Å². The summed E-state index contributed by atoms with van der Waals surface area (Å²) in [6.07, 6.45) is 3.62. The van der Waals surface area contributed by atoms with E-state index < -0.39 is 0 Å². The summed E-state index contributed by atoms with van der Waals surface area (Å²) < 4.78 is 6.02. The van der Waals surface area contributed by atoms with Gasteiger partial charge in [0.1, 0.15) is 10.1 Å². The third kappa shape index (κ3) is 3.21. The Bertz CT molecular complexity index is 1080. The minimum absolute atomic E-state index is 0.158. The van der Waals surface area contributed by atoms with E-state index >= 15 is 0 Å². The fraction of sp³-hybridized carbons (Fsp3) is 0.0500. The minimum atomic E-state index is -0.158. The molecule has 0 radical (unpaired) electrons. The van der Waals surface area contributed by atoms with Crippen LogP contribution in [0.15, 0.2) is 59.6 Å². The molecule has 0 unspecified atom stereocenters. The molecule has 3 aromatic rings. The largest absolute Gasteiger partial charge is 0.496 e. The zero-order valence-electron chi connectivity index (χ0n) is 13.9. The van der Waals surface area contributed by atoms with Gasteiger partial charge in [-0.25, -0.2) is 0 Å². The first-order chi connectivity index (χ1) is 12.6. The highest BCUT2D eigenvalue weighted by Crippen LogP contribution is 2.34. The van der Waals surface area contributed by atoms with Crippen LogP contribution in [-0.4, -0.2) is 22.3 Å². The standard InChI is InChI=1S/C20H14N2O2S2/c1-24-17-7-4-12(10-18-19(23)22-20(25)26-18)9-15(17)13-5-6-16-14(11-13)3-2-8-21-16/h2-11H,1H3,(H,22,23,25). The molecule has 1 fully saturated rings. The Morgan fingerprint density at radius 2 is 2.08 bits per heavy atom. The first-order valence-electron chi connectivity index (χ1n) is 7.92. The fourth-order valence-corrected chi connectivity index (χ4v) is 3.90. The maximum atomic E-state index is 11.9. The summed E-state index contributed by atoms with van der Waals surface area (Å²) in [4.78, 5) is 16.8. The number of fused-ring (bicyclic) bond motifs is 1. The zero-order chi connectivity index (χ0) is 18.1. The van der Waals surface area contributed by atoms with Crippen LogP contribution in [0.1, 0.15) is 5.56 Å². The number of pyridine rings is 1. The topological polar surface area (TPSA) is 51.2 Å². The van der Waals surface area contributed by atoms with Gasteiger partial charge >= 0.3 is 0 Å². The third-order valence-electron chi connectivity index (χ3n) is 4.08. The number of hydrogen-bond acceptors (Lipinski definition) is 5. The second kappa shape index (κ2) is 6.90. The molecule has 1 N–H and O–H groups in total. The summed E-state index contributed by atoms with van der Waals surface area (Å²) in [5, 5.41) is 3.69. The predicted molar refractivity (Wildman–Crippen MR) is 110 cm³/mol. The molecular weight excluding hydrogens is 364 g/mol. The van der Waals surface area contributed by atoms with Gasteiger partial charge in [-0.05, 0) is 47.5 Å². The van der Waals surface area contributed by atoms with E-state index in [0.29, 0.717) is 9.23 Å². The number of aromatic nitrogens is 1. The van der Waals surface area contributed by atoms with E-state index in [1.807, 2.05) is 48.5 Å². The van der Waals surface area contributed by atoms with E-state index in [9.17, 15) is 4.79 Å². The summed E-state index contributed by atoms with van der Waals surface area (Å²) in [6.45, 7) is 0. The summed E-state index contributed by atoms with van der Waals surface area (Å²) >= 11 is 6.31. The van der Waals surface area contributed by atoms with Crippen molar-refractivity contribution in [1.29, 1.82) is 0 Å². The molecule has 1 aliphatic heterocycles. The van der Waals surface area contributed by atoms with E-state index in [4.69, 9.17) is 17.0 Å². The molecule has 4 rings (SSSR count). The van der Waals surface area contributed by atoms with Crippen LogP contribution in [-0.2, 0) is 4.79 Å². The Morgan fingerprint density at radius 1 is 1.19 bits per heavy atom. The third-order valence-corrected chi connectivity index (χ3v) is 5.24. The molecule has 0 saturated carbocycles. The van der Waals surface area contributed by atoms with Gasteiger partial charge in [-0.1, -0.05) is 42.2 Å². The highest BCUT2D eigenvalue weighted by atomic mass is 32.2. The molecule has 1 aliphatic rings. The lowest BCUT2D eigenvalue weighted by Gasteiger charge is -2.11. The van der Waals surface area contributed by atoms with Crippen molar-refractivity contribution >= 4 is 51.2 Å². The van der Waals surface area contributed by atoms with Crippen LogP contribution < -0.4 is 10.1 Å². The molecule has 0 atom stereocenters. The number of nitrogens with one attached hydrogen (secondary N) is 1. The molecular formula is C20H14N2O2S2. The SMILES string of the molecule is COc1ccc(C=C2SC(=S)NC2=O)cc1-c1ccc2ncccc2c1. The Morgan fingerprint density at radius 3 is 2.85 bits per heavy atom. The average molecular weight is 378 g/mol. The van der Waals surface area contributed by atoms with Gasteiger partial charge in [-0.3, -0.25) is 9.78 Å². The van der Waals surface area contributed by atoms with Crippen LogP contribution >= 0.6 is 24.0 Å². The predicted octanol–water partition coefficient (Wildman–Crippen LogP) is 4.40. The number of rotatable bonds is 3. The minimum Gasteiger partial charge on any atom is -0.496 e. The van der Waals surface area contributed by atoms with Crippen molar-refractivity contribution in [3.8, 4) is 16.9 Å². The first-order valence-corrected chi connectivity index (χ1v) is 9.14. The Balaban J connectivity index is 1.80. The van der Waals surface area contributed by atoms with E-state index in [1.54, 1.807) is 13.3 Å². The molecule has 4 nitrogen and oxygen atoms in total. The van der Waals surface area contributed by atoms with Crippen molar-refractivity contribution in [3.05, 3.63) is 65.2 Å². The molecule has 128 valence electrons. The molecule has 2 heterocycles. The number of nitrogens with zero attached hydrogens (tertiary/aromatic N) is 1. The maximum Gasteiger partial charge on any atom is 0.263 e. The van der Waals surface area contributed by atoms with Gasteiger partial charge in [0.2, 0.25) is 0 Å². The Hall–Kier alpha value is -2.70. The molecule has 2 aromatic carbocycles. The summed E-state index contributed by atoms with van der Waals surface area (Å²) in [6, 6.07) is 15.9. The average Bonchev–Trinajstić information content (AvgIpc) is 2.98. The molecule has 1 amide bonds. The number of methoxy groups -OCH3 is 1. The fourth-order valence-electron chi connectivity index (χ4n) is 2.86. The van der Waals surface area contributed by atoms with Crippen molar-refractivity contribution in [2.75, 3.05) is 7.11 Å². The molecule has 0 spiro atoms. The van der Waals surface area contributed by atoms with Gasteiger partial charge in [0.15, 0.2) is 0 Å². The molecule has 0 aliphatic carbocycles. The molecule has 1 aromatic heterocycles. The summed E-state index contributed by atoms with van der Waals surface area (Å²) in [5.41, 5.74) is 3.84. The van der Waals surface area contributed by atoms with Crippen molar-refractivity contribution in [1.82, 2.24) is 10.3 Å². The quantitative estimate of drug-likeness (QED) is 0.541. The number of hydrogen-bond donors (Lipinski definition) is 1. The van der Waals surface area contributed by atoms with E-state index in [1.165, 1.54) is 11.8 Å². The number of carbonyl (C=O) groups excluding carboxylic acids is 1. The number of carbonyl (C=O) groups is 1. The van der Waals surface area contributed by atoms with Crippen LogP contribution in [0.25, 0.3) is 28.1 Å². The molecule has 26 heavy (non-hydrogen) atoms. The number of benzene rings is 2. The van der Waals surface area contributed by atoms with E-state index in [-0.39, 0.29) is 5.91 Å².